The molecule has 0 aliphatic carbocycles. The lowest BCUT2D eigenvalue weighted by molar-refractivity contribution is 0.0663. The van der Waals surface area contributed by atoms with Crippen molar-refractivity contribution >= 4 is 21.6 Å². The van der Waals surface area contributed by atoms with Gasteiger partial charge in [0.2, 0.25) is 0 Å². The molecule has 2 aromatic rings. The van der Waals surface area contributed by atoms with Gasteiger partial charge in [0, 0.05) is 23.0 Å². The van der Waals surface area contributed by atoms with Crippen LogP contribution < -0.4 is 5.48 Å². The lowest BCUT2D eigenvalue weighted by Gasteiger charge is -2.35. The third-order valence-corrected chi connectivity index (χ3v) is 8.81. The van der Waals surface area contributed by atoms with Crippen LogP contribution in [0.4, 0.5) is 4.39 Å². The van der Waals surface area contributed by atoms with Crippen molar-refractivity contribution in [2.45, 2.75) is 44.6 Å². The van der Waals surface area contributed by atoms with E-state index in [1.807, 2.05) is 5.48 Å². The molecule has 2 aliphatic heterocycles. The van der Waals surface area contributed by atoms with Crippen molar-refractivity contribution in [3.8, 4) is 0 Å². The van der Waals surface area contributed by atoms with E-state index in [0.29, 0.717) is 26.1 Å². The molecule has 28 heavy (non-hydrogen) atoms. The molecule has 9 heteroatoms. The summed E-state index contributed by atoms with van der Waals surface area (Å²) in [6.07, 6.45) is -0.671. The average Bonchev–Trinajstić information content (AvgIpc) is 3.51. The van der Waals surface area contributed by atoms with E-state index >= 15 is 0 Å². The number of hydrogen-bond acceptors (Lipinski definition) is 7. The molecule has 0 bridgehead atoms. The van der Waals surface area contributed by atoms with Gasteiger partial charge in [0.15, 0.2) is 16.1 Å². The van der Waals surface area contributed by atoms with E-state index < -0.39 is 26.9 Å². The highest BCUT2D eigenvalue weighted by Gasteiger charge is 2.62. The maximum atomic E-state index is 13.5. The Morgan fingerprint density at radius 1 is 1.04 bits per heavy atom. The van der Waals surface area contributed by atoms with Crippen LogP contribution in [0.3, 0.4) is 0 Å². The van der Waals surface area contributed by atoms with Gasteiger partial charge in [-0.05, 0) is 61.4 Å². The van der Waals surface area contributed by atoms with Gasteiger partial charge in [-0.25, -0.2) is 12.8 Å². The van der Waals surface area contributed by atoms with Crippen molar-refractivity contribution in [3.05, 3.63) is 54.3 Å². The first-order valence-corrected chi connectivity index (χ1v) is 11.2. The van der Waals surface area contributed by atoms with Gasteiger partial charge in [0.25, 0.3) is 0 Å². The van der Waals surface area contributed by atoms with E-state index in [-0.39, 0.29) is 10.7 Å². The zero-order valence-corrected chi connectivity index (χ0v) is 16.5. The van der Waals surface area contributed by atoms with Crippen LogP contribution in [0.25, 0.3) is 0 Å². The van der Waals surface area contributed by atoms with E-state index in [0.717, 1.165) is 9.79 Å². The van der Waals surface area contributed by atoms with Crippen LogP contribution in [-0.4, -0.2) is 43.9 Å². The van der Waals surface area contributed by atoms with Crippen molar-refractivity contribution in [1.82, 2.24) is 5.48 Å². The SMILES string of the molecule is O=S(=O)(c1ccc(Sc2ccc(F)cc2)cc1)C1(C2OC2NO)CCOCC1. The summed E-state index contributed by atoms with van der Waals surface area (Å²) in [4.78, 5) is 1.93. The molecule has 2 aromatic carbocycles. The summed E-state index contributed by atoms with van der Waals surface area (Å²) in [7, 11) is -3.71. The summed E-state index contributed by atoms with van der Waals surface area (Å²) in [5, 5.41) is 9.12. The molecule has 4 rings (SSSR count). The second kappa shape index (κ2) is 7.74. The Morgan fingerprint density at radius 3 is 2.14 bits per heavy atom. The molecule has 0 spiro atoms. The molecular formula is C19H20FNO5S2. The minimum absolute atomic E-state index is 0.213. The Morgan fingerprint density at radius 2 is 1.61 bits per heavy atom. The first-order chi connectivity index (χ1) is 13.5. The van der Waals surface area contributed by atoms with Crippen LogP contribution >= 0.6 is 11.8 Å². The van der Waals surface area contributed by atoms with E-state index in [1.54, 1.807) is 36.4 Å². The first-order valence-electron chi connectivity index (χ1n) is 8.87. The van der Waals surface area contributed by atoms with Crippen LogP contribution in [-0.2, 0) is 19.3 Å². The minimum atomic E-state index is -3.71. The van der Waals surface area contributed by atoms with Gasteiger partial charge < -0.3 is 14.7 Å². The average molecular weight is 426 g/mol. The smallest absolute Gasteiger partial charge is 0.186 e. The zero-order valence-electron chi connectivity index (χ0n) is 14.9. The van der Waals surface area contributed by atoms with Gasteiger partial charge in [0.05, 0.1) is 4.90 Å². The van der Waals surface area contributed by atoms with E-state index in [2.05, 4.69) is 0 Å². The van der Waals surface area contributed by atoms with Gasteiger partial charge in [0.1, 0.15) is 16.7 Å². The molecule has 2 saturated heterocycles. The number of ether oxygens (including phenoxy) is 2. The van der Waals surface area contributed by atoms with E-state index in [1.165, 1.54) is 23.9 Å². The Labute approximate surface area is 166 Å². The Balaban J connectivity index is 1.58. The maximum Gasteiger partial charge on any atom is 0.186 e. The van der Waals surface area contributed by atoms with E-state index in [9.17, 15) is 12.8 Å². The fourth-order valence-corrected chi connectivity index (χ4v) is 6.56. The fraction of sp³-hybridized carbons (Fsp3) is 0.368. The molecule has 2 N–H and O–H groups in total. The predicted octanol–water partition coefficient (Wildman–Crippen LogP) is 3.00. The summed E-state index contributed by atoms with van der Waals surface area (Å²) in [6, 6.07) is 12.8. The monoisotopic (exact) mass is 425 g/mol. The Bertz CT molecular complexity index is 928. The largest absolute Gasteiger partial charge is 0.381 e. The number of hydroxylamine groups is 1. The van der Waals surface area contributed by atoms with Crippen molar-refractivity contribution in [3.63, 3.8) is 0 Å². The van der Waals surface area contributed by atoms with E-state index in [4.69, 9.17) is 14.7 Å². The highest BCUT2D eigenvalue weighted by atomic mass is 32.2. The number of nitrogens with one attached hydrogen (secondary N) is 1. The second-order valence-electron chi connectivity index (χ2n) is 6.81. The molecule has 6 nitrogen and oxygen atoms in total. The van der Waals surface area contributed by atoms with Crippen molar-refractivity contribution in [2.75, 3.05) is 13.2 Å². The van der Waals surface area contributed by atoms with Crippen molar-refractivity contribution in [2.24, 2.45) is 0 Å². The first kappa shape index (κ1) is 19.8. The number of rotatable bonds is 6. The third kappa shape index (κ3) is 3.58. The maximum absolute atomic E-state index is 13.5. The van der Waals surface area contributed by atoms with Crippen LogP contribution in [0.2, 0.25) is 0 Å². The standard InChI is InChI=1S/C19H20FNO5S2/c20-13-1-3-14(4-2-13)27-15-5-7-16(8-6-15)28(23,24)19(9-11-25-12-10-19)17-18(21-22)26-17/h1-8,17-18,21-22H,9-12H2. The van der Waals surface area contributed by atoms with Gasteiger partial charge in [-0.15, -0.1) is 0 Å². The number of halogens is 1. The van der Waals surface area contributed by atoms with Crippen LogP contribution in [0, 0.1) is 5.82 Å². The Kier molecular flexibility index (Phi) is 5.47. The zero-order chi connectivity index (χ0) is 19.8. The number of epoxide rings is 1. The molecule has 0 amide bonds. The summed E-state index contributed by atoms with van der Waals surface area (Å²) in [6.45, 7) is 0.658. The van der Waals surface area contributed by atoms with Gasteiger partial charge >= 0.3 is 0 Å². The molecule has 0 saturated carbocycles. The molecule has 0 aromatic heterocycles. The summed E-state index contributed by atoms with van der Waals surface area (Å²) < 4.78 is 49.6. The molecule has 150 valence electrons. The normalized spacial score (nSPS) is 24.1. The predicted molar refractivity (Wildman–Crippen MR) is 101 cm³/mol. The lowest BCUT2D eigenvalue weighted by atomic mass is 9.95. The molecule has 2 heterocycles. The fourth-order valence-electron chi connectivity index (χ4n) is 3.59. The lowest BCUT2D eigenvalue weighted by Crippen LogP contribution is -2.50. The van der Waals surface area contributed by atoms with Gasteiger partial charge in [-0.3, -0.25) is 0 Å². The number of benzene rings is 2. The number of sulfone groups is 1. The highest BCUT2D eigenvalue weighted by molar-refractivity contribution is 7.99. The van der Waals surface area contributed by atoms with Gasteiger partial charge in [-0.1, -0.05) is 11.8 Å². The van der Waals surface area contributed by atoms with Crippen molar-refractivity contribution < 1.29 is 27.5 Å². The molecule has 2 unspecified atom stereocenters. The van der Waals surface area contributed by atoms with Gasteiger partial charge in [-0.2, -0.15) is 5.48 Å². The highest BCUT2D eigenvalue weighted by Crippen LogP contribution is 2.46. The molecular weight excluding hydrogens is 405 g/mol. The molecule has 0 radical (unpaired) electrons. The molecule has 2 fully saturated rings. The molecule has 2 aliphatic rings. The van der Waals surface area contributed by atoms with Crippen LogP contribution in [0.5, 0.6) is 0 Å². The van der Waals surface area contributed by atoms with Crippen LogP contribution in [0.15, 0.2) is 63.2 Å². The molecule has 2 atom stereocenters. The quantitative estimate of drug-likeness (QED) is 0.543. The minimum Gasteiger partial charge on any atom is -0.381 e. The third-order valence-electron chi connectivity index (χ3n) is 5.20. The second-order valence-corrected chi connectivity index (χ2v) is 10.3. The summed E-state index contributed by atoms with van der Waals surface area (Å²) >= 11 is 1.42. The topological polar surface area (TPSA) is 88.2 Å². The Hall–Kier alpha value is -1.49. The van der Waals surface area contributed by atoms with Crippen LogP contribution in [0.1, 0.15) is 12.8 Å². The summed E-state index contributed by atoms with van der Waals surface area (Å²) in [5.74, 6) is -0.300. The number of hydrogen-bond donors (Lipinski definition) is 2. The summed E-state index contributed by atoms with van der Waals surface area (Å²) in [5.41, 5.74) is 2.02. The van der Waals surface area contributed by atoms with Crippen molar-refractivity contribution in [1.29, 1.82) is 0 Å².